The maximum Gasteiger partial charge on any atom is 0.230 e. The highest BCUT2D eigenvalue weighted by Gasteiger charge is 2.20. The second kappa shape index (κ2) is 7.22. The number of aromatic nitrogens is 2. The third kappa shape index (κ3) is 3.69. The zero-order chi connectivity index (χ0) is 14.4. The Morgan fingerprint density at radius 3 is 2.55 bits per heavy atom. The average Bonchev–Trinajstić information content (AvgIpc) is 2.97. The summed E-state index contributed by atoms with van der Waals surface area (Å²) in [5.41, 5.74) is 1.02. The van der Waals surface area contributed by atoms with Crippen LogP contribution in [0.2, 0.25) is 0 Å². The molecule has 1 heterocycles. The fraction of sp³-hybridized carbons (Fsp3) is 0.529. The summed E-state index contributed by atoms with van der Waals surface area (Å²) in [4.78, 5) is 4.61. The summed E-state index contributed by atoms with van der Waals surface area (Å²) in [6, 6.07) is 10.0. The standard InChI is InChI=1S/C17H24N2O/c1-4-9-15(12-13(3)5-2)17-18-16(19-20-17)14-10-7-6-8-11-14/h6-8,10-11,13,15H,4-5,9,12H2,1-3H3. The zero-order valence-electron chi connectivity index (χ0n) is 12.7. The molecule has 2 atom stereocenters. The first-order chi connectivity index (χ1) is 9.74. The highest BCUT2D eigenvalue weighted by atomic mass is 16.5. The van der Waals surface area contributed by atoms with Gasteiger partial charge in [-0.25, -0.2) is 0 Å². The molecule has 3 heteroatoms. The molecule has 20 heavy (non-hydrogen) atoms. The topological polar surface area (TPSA) is 38.9 Å². The Bertz CT molecular complexity index is 507. The van der Waals surface area contributed by atoms with E-state index >= 15 is 0 Å². The second-order valence-corrected chi connectivity index (χ2v) is 5.56. The van der Waals surface area contributed by atoms with Crippen LogP contribution in [0.5, 0.6) is 0 Å². The molecular weight excluding hydrogens is 248 g/mol. The monoisotopic (exact) mass is 272 g/mol. The van der Waals surface area contributed by atoms with Gasteiger partial charge in [0.2, 0.25) is 11.7 Å². The number of hydrogen-bond donors (Lipinski definition) is 0. The van der Waals surface area contributed by atoms with Crippen molar-refractivity contribution in [1.82, 2.24) is 10.1 Å². The molecule has 2 unspecified atom stereocenters. The van der Waals surface area contributed by atoms with Gasteiger partial charge in [0, 0.05) is 11.5 Å². The summed E-state index contributed by atoms with van der Waals surface area (Å²) < 4.78 is 5.52. The molecule has 0 saturated carbocycles. The zero-order valence-corrected chi connectivity index (χ0v) is 12.7. The van der Waals surface area contributed by atoms with Gasteiger partial charge in [-0.2, -0.15) is 4.98 Å². The molecule has 1 aromatic heterocycles. The van der Waals surface area contributed by atoms with Crippen LogP contribution in [-0.4, -0.2) is 10.1 Å². The lowest BCUT2D eigenvalue weighted by atomic mass is 9.90. The lowest BCUT2D eigenvalue weighted by Gasteiger charge is -2.15. The predicted molar refractivity (Wildman–Crippen MR) is 81.5 cm³/mol. The van der Waals surface area contributed by atoms with E-state index in [0.717, 1.165) is 30.7 Å². The SMILES string of the molecule is CCCC(CC(C)CC)c1nc(-c2ccccc2)no1. The van der Waals surface area contributed by atoms with Gasteiger partial charge < -0.3 is 4.52 Å². The molecule has 0 aliphatic heterocycles. The van der Waals surface area contributed by atoms with Crippen LogP contribution in [0.4, 0.5) is 0 Å². The summed E-state index contributed by atoms with van der Waals surface area (Å²) >= 11 is 0. The van der Waals surface area contributed by atoms with Gasteiger partial charge in [-0.3, -0.25) is 0 Å². The summed E-state index contributed by atoms with van der Waals surface area (Å²) in [6.45, 7) is 6.73. The van der Waals surface area contributed by atoms with Crippen molar-refractivity contribution < 1.29 is 4.52 Å². The number of nitrogens with zero attached hydrogens (tertiary/aromatic N) is 2. The average molecular weight is 272 g/mol. The smallest absolute Gasteiger partial charge is 0.230 e. The Morgan fingerprint density at radius 2 is 1.90 bits per heavy atom. The molecule has 2 rings (SSSR count). The lowest BCUT2D eigenvalue weighted by molar-refractivity contribution is 0.316. The summed E-state index contributed by atoms with van der Waals surface area (Å²) in [7, 11) is 0. The van der Waals surface area contributed by atoms with Gasteiger partial charge in [0.15, 0.2) is 0 Å². The molecule has 0 aliphatic carbocycles. The Labute approximate surface area is 121 Å². The van der Waals surface area contributed by atoms with Crippen molar-refractivity contribution >= 4 is 0 Å². The van der Waals surface area contributed by atoms with Crippen molar-refractivity contribution in [3.8, 4) is 11.4 Å². The first-order valence-corrected chi connectivity index (χ1v) is 7.63. The third-order valence-corrected chi connectivity index (χ3v) is 3.84. The Balaban J connectivity index is 2.16. The van der Waals surface area contributed by atoms with Crippen molar-refractivity contribution in [3.63, 3.8) is 0 Å². The number of rotatable bonds is 7. The fourth-order valence-corrected chi connectivity index (χ4v) is 2.45. The highest BCUT2D eigenvalue weighted by Crippen LogP contribution is 2.29. The molecule has 2 aromatic rings. The minimum absolute atomic E-state index is 0.389. The summed E-state index contributed by atoms with van der Waals surface area (Å²) in [5.74, 6) is 2.58. The van der Waals surface area contributed by atoms with E-state index in [1.54, 1.807) is 0 Å². The molecule has 0 aliphatic rings. The Kier molecular flexibility index (Phi) is 5.33. The third-order valence-electron chi connectivity index (χ3n) is 3.84. The highest BCUT2D eigenvalue weighted by molar-refractivity contribution is 5.53. The van der Waals surface area contributed by atoms with Crippen LogP contribution in [-0.2, 0) is 0 Å². The van der Waals surface area contributed by atoms with E-state index < -0.39 is 0 Å². The van der Waals surface area contributed by atoms with Crippen LogP contribution < -0.4 is 0 Å². The Hall–Kier alpha value is -1.64. The van der Waals surface area contributed by atoms with Crippen molar-refractivity contribution in [2.75, 3.05) is 0 Å². The predicted octanol–water partition coefficient (Wildman–Crippen LogP) is 5.06. The van der Waals surface area contributed by atoms with Gasteiger partial charge in [0.05, 0.1) is 0 Å². The van der Waals surface area contributed by atoms with E-state index in [2.05, 4.69) is 30.9 Å². The molecule has 108 valence electrons. The normalized spacial score (nSPS) is 14.2. The molecule has 0 bridgehead atoms. The molecule has 0 saturated heterocycles. The van der Waals surface area contributed by atoms with E-state index in [0.29, 0.717) is 17.7 Å². The van der Waals surface area contributed by atoms with E-state index in [4.69, 9.17) is 4.52 Å². The van der Waals surface area contributed by atoms with Crippen molar-refractivity contribution in [1.29, 1.82) is 0 Å². The van der Waals surface area contributed by atoms with Crippen LogP contribution in [0.15, 0.2) is 34.9 Å². The fourth-order valence-electron chi connectivity index (χ4n) is 2.45. The molecular formula is C17H24N2O. The second-order valence-electron chi connectivity index (χ2n) is 5.56. The van der Waals surface area contributed by atoms with Gasteiger partial charge in [0.25, 0.3) is 0 Å². The van der Waals surface area contributed by atoms with Crippen LogP contribution >= 0.6 is 0 Å². The first-order valence-electron chi connectivity index (χ1n) is 7.63. The van der Waals surface area contributed by atoms with E-state index in [9.17, 15) is 0 Å². The largest absolute Gasteiger partial charge is 0.339 e. The molecule has 0 amide bonds. The van der Waals surface area contributed by atoms with Gasteiger partial charge in [0.1, 0.15) is 0 Å². The first kappa shape index (κ1) is 14.8. The van der Waals surface area contributed by atoms with E-state index in [-0.39, 0.29) is 0 Å². The van der Waals surface area contributed by atoms with E-state index in [1.807, 2.05) is 30.3 Å². The minimum atomic E-state index is 0.389. The molecule has 3 nitrogen and oxygen atoms in total. The number of hydrogen-bond acceptors (Lipinski definition) is 3. The molecule has 1 aromatic carbocycles. The summed E-state index contributed by atoms with van der Waals surface area (Å²) in [6.07, 6.45) is 4.57. The van der Waals surface area contributed by atoms with E-state index in [1.165, 1.54) is 6.42 Å². The summed E-state index contributed by atoms with van der Waals surface area (Å²) in [5, 5.41) is 4.14. The number of benzene rings is 1. The maximum atomic E-state index is 5.52. The maximum absolute atomic E-state index is 5.52. The van der Waals surface area contributed by atoms with Gasteiger partial charge in [-0.15, -0.1) is 0 Å². The van der Waals surface area contributed by atoms with Crippen LogP contribution in [0.3, 0.4) is 0 Å². The quantitative estimate of drug-likeness (QED) is 0.707. The van der Waals surface area contributed by atoms with Crippen molar-refractivity contribution in [2.45, 2.75) is 52.4 Å². The van der Waals surface area contributed by atoms with Crippen molar-refractivity contribution in [3.05, 3.63) is 36.2 Å². The molecule has 0 fully saturated rings. The Morgan fingerprint density at radius 1 is 1.15 bits per heavy atom. The van der Waals surface area contributed by atoms with Crippen LogP contribution in [0.1, 0.15) is 58.3 Å². The molecule has 0 spiro atoms. The van der Waals surface area contributed by atoms with Gasteiger partial charge in [-0.1, -0.05) is 69.1 Å². The minimum Gasteiger partial charge on any atom is -0.339 e. The lowest BCUT2D eigenvalue weighted by Crippen LogP contribution is -2.05. The van der Waals surface area contributed by atoms with Crippen LogP contribution in [0.25, 0.3) is 11.4 Å². The van der Waals surface area contributed by atoms with Crippen LogP contribution in [0, 0.1) is 5.92 Å². The molecule has 0 N–H and O–H groups in total. The van der Waals surface area contributed by atoms with Crippen molar-refractivity contribution in [2.24, 2.45) is 5.92 Å². The molecule has 0 radical (unpaired) electrons. The van der Waals surface area contributed by atoms with Gasteiger partial charge in [-0.05, 0) is 18.8 Å². The van der Waals surface area contributed by atoms with Gasteiger partial charge >= 0.3 is 0 Å².